The van der Waals surface area contributed by atoms with Crippen LogP contribution in [0.25, 0.3) is 17.2 Å². The fourth-order valence-corrected chi connectivity index (χ4v) is 2.04. The highest BCUT2D eigenvalue weighted by molar-refractivity contribution is 6.07. The number of hydrogen-bond acceptors (Lipinski definition) is 4. The molecule has 1 N–H and O–H groups in total. The van der Waals surface area contributed by atoms with Gasteiger partial charge in [0, 0.05) is 0 Å². The van der Waals surface area contributed by atoms with Gasteiger partial charge < -0.3 is 4.74 Å². The molecule has 0 aliphatic carbocycles. The predicted octanol–water partition coefficient (Wildman–Crippen LogP) is 3.53. The lowest BCUT2D eigenvalue weighted by Gasteiger charge is -2.04. The van der Waals surface area contributed by atoms with E-state index in [1.165, 1.54) is 6.08 Å². The Hall–Kier alpha value is -3.39. The van der Waals surface area contributed by atoms with Crippen LogP contribution in [0.3, 0.4) is 0 Å². The maximum absolute atomic E-state index is 11.8. The second kappa shape index (κ2) is 8.30. The van der Waals surface area contributed by atoms with E-state index in [4.69, 9.17) is 5.26 Å². The average molecular weight is 320 g/mol. The van der Waals surface area contributed by atoms with Crippen LogP contribution >= 0.6 is 0 Å². The zero-order valence-electron chi connectivity index (χ0n) is 13.2. The van der Waals surface area contributed by atoms with Gasteiger partial charge in [0.25, 0.3) is 5.91 Å². The Balaban J connectivity index is 2.15. The highest BCUT2D eigenvalue weighted by Crippen LogP contribution is 2.20. The number of nitrogens with zero attached hydrogens (tertiary/aromatic N) is 1. The molecule has 0 aliphatic heterocycles. The summed E-state index contributed by atoms with van der Waals surface area (Å²) in [6, 6.07) is 19.0. The van der Waals surface area contributed by atoms with Gasteiger partial charge in [0.15, 0.2) is 0 Å². The molecule has 0 spiro atoms. The zero-order valence-corrected chi connectivity index (χ0v) is 13.2. The van der Waals surface area contributed by atoms with Crippen LogP contribution in [0.15, 0.2) is 60.2 Å². The van der Waals surface area contributed by atoms with Gasteiger partial charge in [-0.25, -0.2) is 4.79 Å². The van der Waals surface area contributed by atoms with Crippen LogP contribution in [0.2, 0.25) is 0 Å². The zero-order chi connectivity index (χ0) is 17.4. The third kappa shape index (κ3) is 4.55. The molecule has 0 atom stereocenters. The van der Waals surface area contributed by atoms with E-state index in [9.17, 15) is 9.59 Å². The first kappa shape index (κ1) is 17.0. The van der Waals surface area contributed by atoms with E-state index in [0.29, 0.717) is 5.56 Å². The van der Waals surface area contributed by atoms with Gasteiger partial charge in [0.05, 0.1) is 6.61 Å². The van der Waals surface area contributed by atoms with Crippen molar-refractivity contribution in [2.24, 2.45) is 0 Å². The molecule has 0 unspecified atom stereocenters. The number of amides is 2. The standard InChI is InChI=1S/C19H16N2O3/c1-2-24-19(23)21-18(22)17(13-20)12-14-8-10-16(11-9-14)15-6-4-3-5-7-15/h3-12H,2H2,1H3,(H,21,22,23)/b17-12+. The molecule has 0 heterocycles. The summed E-state index contributed by atoms with van der Waals surface area (Å²) in [5, 5.41) is 11.1. The molecule has 0 saturated carbocycles. The fourth-order valence-electron chi connectivity index (χ4n) is 2.04. The van der Waals surface area contributed by atoms with E-state index < -0.39 is 12.0 Å². The molecule has 0 aliphatic rings. The van der Waals surface area contributed by atoms with Crippen molar-refractivity contribution in [2.75, 3.05) is 6.61 Å². The number of imide groups is 1. The van der Waals surface area contributed by atoms with Crippen molar-refractivity contribution in [3.63, 3.8) is 0 Å². The summed E-state index contributed by atoms with van der Waals surface area (Å²) in [6.07, 6.45) is 0.548. The summed E-state index contributed by atoms with van der Waals surface area (Å²) < 4.78 is 4.61. The monoisotopic (exact) mass is 320 g/mol. The minimum absolute atomic E-state index is 0.145. The molecule has 5 heteroatoms. The third-order valence-corrected chi connectivity index (χ3v) is 3.18. The molecule has 2 aromatic carbocycles. The minimum Gasteiger partial charge on any atom is -0.450 e. The van der Waals surface area contributed by atoms with Crippen molar-refractivity contribution in [2.45, 2.75) is 6.92 Å². The molecule has 0 radical (unpaired) electrons. The van der Waals surface area contributed by atoms with Gasteiger partial charge in [0.1, 0.15) is 11.6 Å². The van der Waals surface area contributed by atoms with E-state index >= 15 is 0 Å². The molecule has 2 rings (SSSR count). The number of carbonyl (C=O) groups excluding carboxylic acids is 2. The molecular formula is C19H16N2O3. The maximum atomic E-state index is 11.8. The van der Waals surface area contributed by atoms with Crippen LogP contribution in [0.5, 0.6) is 0 Å². The lowest BCUT2D eigenvalue weighted by atomic mass is 10.0. The molecule has 5 nitrogen and oxygen atoms in total. The molecule has 0 aromatic heterocycles. The summed E-state index contributed by atoms with van der Waals surface area (Å²) in [6.45, 7) is 1.77. The molecule has 0 saturated heterocycles. The van der Waals surface area contributed by atoms with E-state index in [0.717, 1.165) is 11.1 Å². The van der Waals surface area contributed by atoms with Gasteiger partial charge in [0.2, 0.25) is 0 Å². The van der Waals surface area contributed by atoms with Gasteiger partial charge in [-0.3, -0.25) is 10.1 Å². The Labute approximate surface area is 140 Å². The Morgan fingerprint density at radius 3 is 2.29 bits per heavy atom. The minimum atomic E-state index is -0.872. The molecule has 24 heavy (non-hydrogen) atoms. The van der Waals surface area contributed by atoms with E-state index in [-0.39, 0.29) is 12.2 Å². The highest BCUT2D eigenvalue weighted by atomic mass is 16.5. The van der Waals surface area contributed by atoms with Gasteiger partial charge >= 0.3 is 6.09 Å². The Morgan fingerprint density at radius 2 is 1.71 bits per heavy atom. The molecule has 2 aromatic rings. The van der Waals surface area contributed by atoms with Crippen LogP contribution in [0, 0.1) is 11.3 Å². The van der Waals surface area contributed by atoms with Gasteiger partial charge in [-0.15, -0.1) is 0 Å². The highest BCUT2D eigenvalue weighted by Gasteiger charge is 2.13. The van der Waals surface area contributed by atoms with Crippen molar-refractivity contribution in [3.8, 4) is 17.2 Å². The second-order valence-electron chi connectivity index (χ2n) is 4.83. The van der Waals surface area contributed by atoms with Crippen LogP contribution in [-0.4, -0.2) is 18.6 Å². The normalized spacial score (nSPS) is 10.6. The van der Waals surface area contributed by atoms with E-state index in [1.54, 1.807) is 25.1 Å². The summed E-state index contributed by atoms with van der Waals surface area (Å²) in [5.74, 6) is -0.789. The smallest absolute Gasteiger partial charge is 0.414 e. The summed E-state index contributed by atoms with van der Waals surface area (Å²) in [7, 11) is 0. The Bertz CT molecular complexity index is 788. The molecule has 0 fully saturated rings. The Kier molecular flexibility index (Phi) is 5.87. The quantitative estimate of drug-likeness (QED) is 0.690. The first-order chi connectivity index (χ1) is 11.6. The number of ether oxygens (including phenoxy) is 1. The summed E-state index contributed by atoms with van der Waals surface area (Å²) in [4.78, 5) is 23.1. The lowest BCUT2D eigenvalue weighted by Crippen LogP contribution is -2.31. The van der Waals surface area contributed by atoms with Crippen molar-refractivity contribution in [3.05, 3.63) is 65.7 Å². The topological polar surface area (TPSA) is 79.2 Å². The van der Waals surface area contributed by atoms with Gasteiger partial charge in [-0.05, 0) is 29.7 Å². The predicted molar refractivity (Wildman–Crippen MR) is 90.6 cm³/mol. The van der Waals surface area contributed by atoms with Crippen LogP contribution in [0.4, 0.5) is 4.79 Å². The van der Waals surface area contributed by atoms with Gasteiger partial charge in [-0.1, -0.05) is 54.6 Å². The fraction of sp³-hybridized carbons (Fsp3) is 0.105. The number of hydrogen-bond donors (Lipinski definition) is 1. The SMILES string of the molecule is CCOC(=O)NC(=O)/C(C#N)=C/c1ccc(-c2ccccc2)cc1. The molecule has 0 bridgehead atoms. The van der Waals surface area contributed by atoms with Crippen molar-refractivity contribution in [1.82, 2.24) is 5.32 Å². The first-order valence-corrected chi connectivity index (χ1v) is 7.39. The number of carbonyl (C=O) groups is 2. The average Bonchev–Trinajstić information content (AvgIpc) is 2.61. The van der Waals surface area contributed by atoms with Crippen LogP contribution in [0.1, 0.15) is 12.5 Å². The first-order valence-electron chi connectivity index (χ1n) is 7.39. The maximum Gasteiger partial charge on any atom is 0.414 e. The number of benzene rings is 2. The lowest BCUT2D eigenvalue weighted by molar-refractivity contribution is -0.116. The number of rotatable bonds is 4. The summed E-state index contributed by atoms with van der Waals surface area (Å²) >= 11 is 0. The van der Waals surface area contributed by atoms with E-state index in [1.807, 2.05) is 47.8 Å². The van der Waals surface area contributed by atoms with E-state index in [2.05, 4.69) is 4.74 Å². The number of alkyl carbamates (subject to hydrolysis) is 1. The van der Waals surface area contributed by atoms with Crippen molar-refractivity contribution in [1.29, 1.82) is 5.26 Å². The van der Waals surface area contributed by atoms with Gasteiger partial charge in [-0.2, -0.15) is 5.26 Å². The third-order valence-electron chi connectivity index (χ3n) is 3.18. The van der Waals surface area contributed by atoms with Crippen LogP contribution in [-0.2, 0) is 9.53 Å². The molecule has 120 valence electrons. The Morgan fingerprint density at radius 1 is 1.08 bits per heavy atom. The second-order valence-corrected chi connectivity index (χ2v) is 4.83. The van der Waals surface area contributed by atoms with Crippen molar-refractivity contribution < 1.29 is 14.3 Å². The number of nitrogens with one attached hydrogen (secondary N) is 1. The number of nitriles is 1. The largest absolute Gasteiger partial charge is 0.450 e. The van der Waals surface area contributed by atoms with Crippen LogP contribution < -0.4 is 5.32 Å². The summed E-state index contributed by atoms with van der Waals surface area (Å²) in [5.41, 5.74) is 2.62. The van der Waals surface area contributed by atoms with Crippen molar-refractivity contribution >= 4 is 18.1 Å². The molecular weight excluding hydrogens is 304 g/mol. The molecule has 2 amide bonds.